The zero-order valence-corrected chi connectivity index (χ0v) is 11.1. The Morgan fingerprint density at radius 3 is 2.28 bits per heavy atom. The SMILES string of the molecule is Cc1cccc(C)c1C(=O)c1ccc(N)cc1Cl. The van der Waals surface area contributed by atoms with Gasteiger partial charge in [-0.05, 0) is 43.2 Å². The number of hydrogen-bond donors (Lipinski definition) is 1. The van der Waals surface area contributed by atoms with Crippen molar-refractivity contribution in [1.29, 1.82) is 0 Å². The number of nitrogen functional groups attached to an aromatic ring is 1. The Hall–Kier alpha value is -1.80. The lowest BCUT2D eigenvalue weighted by atomic mass is 9.95. The van der Waals surface area contributed by atoms with Crippen LogP contribution in [-0.4, -0.2) is 5.78 Å². The standard InChI is InChI=1S/C15H14ClNO/c1-9-4-3-5-10(2)14(9)15(18)12-7-6-11(17)8-13(12)16/h3-8H,17H2,1-2H3. The summed E-state index contributed by atoms with van der Waals surface area (Å²) in [4.78, 5) is 12.5. The molecule has 0 aromatic heterocycles. The fourth-order valence-corrected chi connectivity index (χ4v) is 2.30. The molecule has 0 aliphatic carbocycles. The van der Waals surface area contributed by atoms with E-state index in [9.17, 15) is 4.79 Å². The topological polar surface area (TPSA) is 43.1 Å². The molecule has 0 radical (unpaired) electrons. The number of anilines is 1. The van der Waals surface area contributed by atoms with Gasteiger partial charge in [0, 0.05) is 16.8 Å². The number of aryl methyl sites for hydroxylation is 2. The lowest BCUT2D eigenvalue weighted by molar-refractivity contribution is 0.103. The van der Waals surface area contributed by atoms with Crippen LogP contribution >= 0.6 is 11.6 Å². The fraction of sp³-hybridized carbons (Fsp3) is 0.133. The van der Waals surface area contributed by atoms with Gasteiger partial charge in [0.25, 0.3) is 0 Å². The van der Waals surface area contributed by atoms with E-state index in [0.717, 1.165) is 11.1 Å². The quantitative estimate of drug-likeness (QED) is 0.659. The molecule has 0 saturated carbocycles. The Bertz CT molecular complexity index is 600. The molecule has 2 nitrogen and oxygen atoms in total. The van der Waals surface area contributed by atoms with Crippen molar-refractivity contribution in [2.24, 2.45) is 0 Å². The van der Waals surface area contributed by atoms with Gasteiger partial charge in [0.2, 0.25) is 0 Å². The second kappa shape index (κ2) is 4.83. The summed E-state index contributed by atoms with van der Waals surface area (Å²) in [7, 11) is 0. The molecular weight excluding hydrogens is 246 g/mol. The van der Waals surface area contributed by atoms with Crippen molar-refractivity contribution >= 4 is 23.1 Å². The van der Waals surface area contributed by atoms with Crippen molar-refractivity contribution < 1.29 is 4.79 Å². The van der Waals surface area contributed by atoms with Crippen LogP contribution in [0.15, 0.2) is 36.4 Å². The molecule has 3 heteroatoms. The first-order valence-electron chi connectivity index (χ1n) is 5.66. The van der Waals surface area contributed by atoms with Crippen LogP contribution in [0.3, 0.4) is 0 Å². The molecule has 0 saturated heterocycles. The molecule has 2 aromatic carbocycles. The van der Waals surface area contributed by atoms with E-state index in [1.807, 2.05) is 32.0 Å². The van der Waals surface area contributed by atoms with Crippen molar-refractivity contribution in [2.75, 3.05) is 5.73 Å². The van der Waals surface area contributed by atoms with E-state index < -0.39 is 0 Å². The predicted molar refractivity (Wildman–Crippen MR) is 75.2 cm³/mol. The first kappa shape index (κ1) is 12.7. The van der Waals surface area contributed by atoms with E-state index in [-0.39, 0.29) is 5.78 Å². The third kappa shape index (κ3) is 2.24. The largest absolute Gasteiger partial charge is 0.399 e. The summed E-state index contributed by atoms with van der Waals surface area (Å²) >= 11 is 6.08. The molecule has 92 valence electrons. The van der Waals surface area contributed by atoms with Crippen molar-refractivity contribution in [2.45, 2.75) is 13.8 Å². The Balaban J connectivity index is 2.55. The van der Waals surface area contributed by atoms with Crippen LogP contribution in [0.1, 0.15) is 27.0 Å². The van der Waals surface area contributed by atoms with Gasteiger partial charge >= 0.3 is 0 Å². The van der Waals surface area contributed by atoms with Gasteiger partial charge in [0.1, 0.15) is 0 Å². The number of carbonyl (C=O) groups excluding carboxylic acids is 1. The molecular formula is C15H14ClNO. The third-order valence-electron chi connectivity index (χ3n) is 2.95. The van der Waals surface area contributed by atoms with E-state index in [1.165, 1.54) is 0 Å². The van der Waals surface area contributed by atoms with Crippen molar-refractivity contribution in [3.05, 3.63) is 63.7 Å². The monoisotopic (exact) mass is 259 g/mol. The van der Waals surface area contributed by atoms with Gasteiger partial charge in [0.05, 0.1) is 5.02 Å². The maximum absolute atomic E-state index is 12.5. The minimum Gasteiger partial charge on any atom is -0.399 e. The average Bonchev–Trinajstić information content (AvgIpc) is 2.28. The minimum absolute atomic E-state index is 0.0596. The number of hydrogen-bond acceptors (Lipinski definition) is 2. The molecule has 0 amide bonds. The number of nitrogens with two attached hydrogens (primary N) is 1. The summed E-state index contributed by atoms with van der Waals surface area (Å²) in [5.41, 5.74) is 9.29. The van der Waals surface area contributed by atoms with E-state index in [4.69, 9.17) is 17.3 Å². The smallest absolute Gasteiger partial charge is 0.195 e. The fourth-order valence-electron chi connectivity index (χ4n) is 2.02. The molecule has 0 atom stereocenters. The van der Waals surface area contributed by atoms with Crippen LogP contribution < -0.4 is 5.73 Å². The van der Waals surface area contributed by atoms with Crippen LogP contribution in [0.5, 0.6) is 0 Å². The van der Waals surface area contributed by atoms with Gasteiger partial charge in [-0.2, -0.15) is 0 Å². The Morgan fingerprint density at radius 1 is 1.11 bits per heavy atom. The second-order valence-electron chi connectivity index (χ2n) is 4.34. The minimum atomic E-state index is -0.0596. The third-order valence-corrected chi connectivity index (χ3v) is 3.26. The van der Waals surface area contributed by atoms with Gasteiger partial charge in [-0.1, -0.05) is 29.8 Å². The summed E-state index contributed by atoms with van der Waals surface area (Å²) in [5, 5.41) is 0.391. The lowest BCUT2D eigenvalue weighted by Gasteiger charge is -2.10. The highest BCUT2D eigenvalue weighted by Crippen LogP contribution is 2.25. The van der Waals surface area contributed by atoms with Crippen LogP contribution in [0.4, 0.5) is 5.69 Å². The molecule has 2 N–H and O–H groups in total. The zero-order valence-electron chi connectivity index (χ0n) is 10.3. The maximum atomic E-state index is 12.5. The molecule has 0 spiro atoms. The summed E-state index contributed by atoms with van der Waals surface area (Å²) in [6.07, 6.45) is 0. The zero-order chi connectivity index (χ0) is 13.3. The van der Waals surface area contributed by atoms with E-state index in [2.05, 4.69) is 0 Å². The number of rotatable bonds is 2. The van der Waals surface area contributed by atoms with Gasteiger partial charge in [-0.15, -0.1) is 0 Å². The molecule has 0 unspecified atom stereocenters. The molecule has 0 bridgehead atoms. The number of halogens is 1. The van der Waals surface area contributed by atoms with Gasteiger partial charge in [-0.25, -0.2) is 0 Å². The van der Waals surface area contributed by atoms with Crippen LogP contribution in [-0.2, 0) is 0 Å². The molecule has 18 heavy (non-hydrogen) atoms. The highest BCUT2D eigenvalue weighted by Gasteiger charge is 2.16. The Kier molecular flexibility index (Phi) is 3.39. The first-order valence-corrected chi connectivity index (χ1v) is 6.04. The normalized spacial score (nSPS) is 10.4. The lowest BCUT2D eigenvalue weighted by Crippen LogP contribution is -2.07. The molecule has 0 fully saturated rings. The number of carbonyl (C=O) groups is 1. The molecule has 0 aliphatic rings. The molecule has 2 aromatic rings. The van der Waals surface area contributed by atoms with Gasteiger partial charge in [-0.3, -0.25) is 4.79 Å². The second-order valence-corrected chi connectivity index (χ2v) is 4.74. The summed E-state index contributed by atoms with van der Waals surface area (Å²) in [6.45, 7) is 3.84. The predicted octanol–water partition coefficient (Wildman–Crippen LogP) is 3.77. The summed E-state index contributed by atoms with van der Waals surface area (Å²) in [5.74, 6) is -0.0596. The number of benzene rings is 2. The van der Waals surface area contributed by atoms with Crippen LogP contribution in [0, 0.1) is 13.8 Å². The highest BCUT2D eigenvalue weighted by molar-refractivity contribution is 6.35. The Labute approximate surface area is 111 Å². The molecule has 0 heterocycles. The molecule has 0 aliphatic heterocycles. The van der Waals surface area contributed by atoms with E-state index in [0.29, 0.717) is 21.8 Å². The maximum Gasteiger partial charge on any atom is 0.195 e. The van der Waals surface area contributed by atoms with Crippen molar-refractivity contribution in [1.82, 2.24) is 0 Å². The Morgan fingerprint density at radius 2 is 1.72 bits per heavy atom. The average molecular weight is 260 g/mol. The van der Waals surface area contributed by atoms with E-state index in [1.54, 1.807) is 18.2 Å². The number of ketones is 1. The first-order chi connectivity index (χ1) is 8.50. The van der Waals surface area contributed by atoms with Gasteiger partial charge in [0.15, 0.2) is 5.78 Å². The van der Waals surface area contributed by atoms with Crippen LogP contribution in [0.2, 0.25) is 5.02 Å². The van der Waals surface area contributed by atoms with E-state index >= 15 is 0 Å². The van der Waals surface area contributed by atoms with Crippen LogP contribution in [0.25, 0.3) is 0 Å². The molecule has 2 rings (SSSR count). The van der Waals surface area contributed by atoms with Crippen molar-refractivity contribution in [3.63, 3.8) is 0 Å². The summed E-state index contributed by atoms with van der Waals surface area (Å²) in [6, 6.07) is 10.7. The summed E-state index contributed by atoms with van der Waals surface area (Å²) < 4.78 is 0. The van der Waals surface area contributed by atoms with Gasteiger partial charge < -0.3 is 5.73 Å². The van der Waals surface area contributed by atoms with Crippen molar-refractivity contribution in [3.8, 4) is 0 Å². The highest BCUT2D eigenvalue weighted by atomic mass is 35.5.